The summed E-state index contributed by atoms with van der Waals surface area (Å²) in [5.74, 6) is 0.150. The Morgan fingerprint density at radius 2 is 2.17 bits per heavy atom. The Kier molecular flexibility index (Phi) is 3.77. The second-order valence-electron chi connectivity index (χ2n) is 4.68. The number of nitrogens with zero attached hydrogens (tertiary/aromatic N) is 2. The van der Waals surface area contributed by atoms with E-state index in [0.29, 0.717) is 12.8 Å². The monoisotopic (exact) mass is 245 g/mol. The third-order valence-corrected chi connectivity index (χ3v) is 2.95. The third kappa shape index (κ3) is 2.59. The molecule has 0 amide bonds. The topological polar surface area (TPSA) is 60.9 Å². The molecule has 2 N–H and O–H groups in total. The Labute approximate surface area is 107 Å². The van der Waals surface area contributed by atoms with Gasteiger partial charge in [0, 0.05) is 24.4 Å². The van der Waals surface area contributed by atoms with Gasteiger partial charge in [-0.15, -0.1) is 0 Å². The largest absolute Gasteiger partial charge is 0.328 e. The maximum Gasteiger partial charge on any atom is 0.140 e. The molecule has 18 heavy (non-hydrogen) atoms. The van der Waals surface area contributed by atoms with Gasteiger partial charge in [0.2, 0.25) is 0 Å². The lowest BCUT2D eigenvalue weighted by molar-refractivity contribution is -0.118. The van der Waals surface area contributed by atoms with Crippen LogP contribution >= 0.6 is 0 Å². The predicted octanol–water partition coefficient (Wildman–Crippen LogP) is 1.91. The summed E-state index contributed by atoms with van der Waals surface area (Å²) < 4.78 is 1.93. The quantitative estimate of drug-likeness (QED) is 0.875. The lowest BCUT2D eigenvalue weighted by Crippen LogP contribution is -2.20. The zero-order chi connectivity index (χ0) is 13.1. The third-order valence-electron chi connectivity index (χ3n) is 2.95. The molecule has 96 valence electrons. The van der Waals surface area contributed by atoms with E-state index in [1.54, 1.807) is 0 Å². The first-order valence-corrected chi connectivity index (χ1v) is 6.33. The summed E-state index contributed by atoms with van der Waals surface area (Å²) >= 11 is 0. The van der Waals surface area contributed by atoms with Gasteiger partial charge in [-0.25, -0.2) is 0 Å². The number of ketones is 1. The number of aryl methyl sites for hydroxylation is 1. The Balaban J connectivity index is 2.31. The molecule has 0 radical (unpaired) electrons. The van der Waals surface area contributed by atoms with Crippen molar-refractivity contribution in [3.63, 3.8) is 0 Å². The number of carbonyl (C=O) groups excluding carboxylic acids is 1. The molecule has 0 bridgehead atoms. The Hall–Kier alpha value is -1.68. The summed E-state index contributed by atoms with van der Waals surface area (Å²) in [5.41, 5.74) is 7.59. The zero-order valence-electron chi connectivity index (χ0n) is 10.9. The second-order valence-corrected chi connectivity index (χ2v) is 4.68. The van der Waals surface area contributed by atoms with Crippen LogP contribution in [0.5, 0.6) is 0 Å². The van der Waals surface area contributed by atoms with E-state index >= 15 is 0 Å². The molecule has 0 aliphatic rings. The van der Waals surface area contributed by atoms with E-state index in [9.17, 15) is 4.79 Å². The Bertz CT molecular complexity index is 557. The van der Waals surface area contributed by atoms with Crippen molar-refractivity contribution in [1.82, 2.24) is 9.78 Å². The van der Waals surface area contributed by atoms with Crippen LogP contribution in [0.15, 0.2) is 24.3 Å². The number of fused-ring (bicyclic) bond motifs is 1. The van der Waals surface area contributed by atoms with E-state index in [4.69, 9.17) is 5.73 Å². The van der Waals surface area contributed by atoms with Gasteiger partial charge in [0.05, 0.1) is 17.6 Å². The maximum absolute atomic E-state index is 11.8. The van der Waals surface area contributed by atoms with Crippen LogP contribution in [0.4, 0.5) is 0 Å². The SMILES string of the molecule is CCn1nc(CC(=O)CC(C)N)c2ccccc21. The van der Waals surface area contributed by atoms with E-state index in [-0.39, 0.29) is 11.8 Å². The van der Waals surface area contributed by atoms with Crippen molar-refractivity contribution in [2.24, 2.45) is 5.73 Å². The molecular weight excluding hydrogens is 226 g/mol. The average molecular weight is 245 g/mol. The fourth-order valence-corrected chi connectivity index (χ4v) is 2.19. The normalized spacial score (nSPS) is 12.8. The first-order valence-electron chi connectivity index (χ1n) is 6.33. The van der Waals surface area contributed by atoms with Crippen LogP contribution in [-0.2, 0) is 17.8 Å². The molecule has 1 aromatic carbocycles. The van der Waals surface area contributed by atoms with Gasteiger partial charge in [0.25, 0.3) is 0 Å². The molecule has 4 heteroatoms. The number of para-hydroxylation sites is 1. The molecule has 2 rings (SSSR count). The minimum absolute atomic E-state index is 0.0861. The van der Waals surface area contributed by atoms with Crippen molar-refractivity contribution in [1.29, 1.82) is 0 Å². The molecule has 1 aromatic heterocycles. The van der Waals surface area contributed by atoms with Crippen LogP contribution in [0.2, 0.25) is 0 Å². The summed E-state index contributed by atoms with van der Waals surface area (Å²) in [5, 5.41) is 5.58. The van der Waals surface area contributed by atoms with Crippen molar-refractivity contribution in [3.05, 3.63) is 30.0 Å². The average Bonchev–Trinajstić information content (AvgIpc) is 2.67. The van der Waals surface area contributed by atoms with Crippen molar-refractivity contribution in [2.45, 2.75) is 39.3 Å². The van der Waals surface area contributed by atoms with Crippen molar-refractivity contribution >= 4 is 16.7 Å². The van der Waals surface area contributed by atoms with Gasteiger partial charge in [0.15, 0.2) is 0 Å². The summed E-state index contributed by atoms with van der Waals surface area (Å²) in [6.07, 6.45) is 0.780. The van der Waals surface area contributed by atoms with Crippen LogP contribution < -0.4 is 5.73 Å². The number of nitrogens with two attached hydrogens (primary N) is 1. The summed E-state index contributed by atoms with van der Waals surface area (Å²) in [6.45, 7) is 4.70. The molecule has 0 saturated carbocycles. The van der Waals surface area contributed by atoms with Crippen LogP contribution in [-0.4, -0.2) is 21.6 Å². The maximum atomic E-state index is 11.8. The highest BCUT2D eigenvalue weighted by Crippen LogP contribution is 2.19. The standard InChI is InChI=1S/C14H19N3O/c1-3-17-14-7-5-4-6-12(14)13(16-17)9-11(18)8-10(2)15/h4-7,10H,3,8-9,15H2,1-2H3. The van der Waals surface area contributed by atoms with E-state index in [1.165, 1.54) is 0 Å². The van der Waals surface area contributed by atoms with E-state index in [0.717, 1.165) is 23.1 Å². The van der Waals surface area contributed by atoms with Gasteiger partial charge in [-0.05, 0) is 19.9 Å². The van der Waals surface area contributed by atoms with Crippen molar-refractivity contribution in [2.75, 3.05) is 0 Å². The van der Waals surface area contributed by atoms with E-state index in [2.05, 4.69) is 5.10 Å². The molecule has 1 unspecified atom stereocenters. The van der Waals surface area contributed by atoms with E-state index in [1.807, 2.05) is 42.8 Å². The smallest absolute Gasteiger partial charge is 0.140 e. The number of hydrogen-bond donors (Lipinski definition) is 1. The number of rotatable bonds is 5. The highest BCUT2D eigenvalue weighted by atomic mass is 16.1. The van der Waals surface area contributed by atoms with Gasteiger partial charge in [-0.1, -0.05) is 18.2 Å². The number of Topliss-reactive ketones (excluding diaryl/α,β-unsaturated/α-hetero) is 1. The van der Waals surface area contributed by atoms with Gasteiger partial charge in [-0.3, -0.25) is 9.48 Å². The predicted molar refractivity (Wildman–Crippen MR) is 72.4 cm³/mol. The number of carbonyl (C=O) groups is 1. The summed E-state index contributed by atoms with van der Waals surface area (Å²) in [7, 11) is 0. The van der Waals surface area contributed by atoms with Gasteiger partial charge >= 0.3 is 0 Å². The van der Waals surface area contributed by atoms with Crippen LogP contribution in [0.25, 0.3) is 10.9 Å². The van der Waals surface area contributed by atoms with Gasteiger partial charge in [-0.2, -0.15) is 5.10 Å². The first kappa shape index (κ1) is 12.8. The highest BCUT2D eigenvalue weighted by molar-refractivity contribution is 5.88. The minimum atomic E-state index is -0.0861. The molecule has 0 fully saturated rings. The molecular formula is C14H19N3O. The van der Waals surface area contributed by atoms with Gasteiger partial charge < -0.3 is 5.73 Å². The fourth-order valence-electron chi connectivity index (χ4n) is 2.19. The molecule has 2 aromatic rings. The molecule has 4 nitrogen and oxygen atoms in total. The number of hydrogen-bond acceptors (Lipinski definition) is 3. The number of aromatic nitrogens is 2. The molecule has 0 aliphatic carbocycles. The Morgan fingerprint density at radius 1 is 1.44 bits per heavy atom. The summed E-state index contributed by atoms with van der Waals surface area (Å²) in [6, 6.07) is 7.93. The first-order chi connectivity index (χ1) is 8.61. The molecule has 0 aliphatic heterocycles. The lowest BCUT2D eigenvalue weighted by atomic mass is 10.1. The van der Waals surface area contributed by atoms with E-state index < -0.39 is 0 Å². The molecule has 1 heterocycles. The molecule has 0 spiro atoms. The molecule has 0 saturated heterocycles. The minimum Gasteiger partial charge on any atom is -0.328 e. The van der Waals surface area contributed by atoms with Crippen molar-refractivity contribution < 1.29 is 4.79 Å². The fraction of sp³-hybridized carbons (Fsp3) is 0.429. The van der Waals surface area contributed by atoms with Crippen LogP contribution in [0.1, 0.15) is 26.0 Å². The zero-order valence-corrected chi connectivity index (χ0v) is 10.9. The van der Waals surface area contributed by atoms with Crippen molar-refractivity contribution in [3.8, 4) is 0 Å². The van der Waals surface area contributed by atoms with Gasteiger partial charge in [0.1, 0.15) is 5.78 Å². The summed E-state index contributed by atoms with van der Waals surface area (Å²) in [4.78, 5) is 11.8. The van der Waals surface area contributed by atoms with Crippen LogP contribution in [0, 0.1) is 0 Å². The molecule has 1 atom stereocenters. The lowest BCUT2D eigenvalue weighted by Gasteiger charge is -2.02. The second kappa shape index (κ2) is 5.31. The highest BCUT2D eigenvalue weighted by Gasteiger charge is 2.13. The Morgan fingerprint density at radius 3 is 2.83 bits per heavy atom. The van der Waals surface area contributed by atoms with Crippen LogP contribution in [0.3, 0.4) is 0 Å². The number of benzene rings is 1.